The lowest BCUT2D eigenvalue weighted by atomic mass is 10.2. The van der Waals surface area contributed by atoms with Crippen LogP contribution in [0.5, 0.6) is 0 Å². The summed E-state index contributed by atoms with van der Waals surface area (Å²) in [5, 5.41) is 6.11. The van der Waals surface area contributed by atoms with Crippen LogP contribution in [0.15, 0.2) is 121 Å². The van der Waals surface area contributed by atoms with Gasteiger partial charge in [-0.3, -0.25) is 0 Å². The van der Waals surface area contributed by atoms with Crippen LogP contribution in [-0.4, -0.2) is 23.7 Å². The summed E-state index contributed by atoms with van der Waals surface area (Å²) in [4.78, 5) is 0. The van der Waals surface area contributed by atoms with E-state index in [1.54, 1.807) is 0 Å². The number of thioether (sulfide) groups is 1. The summed E-state index contributed by atoms with van der Waals surface area (Å²) >= 11 is 2.05. The Morgan fingerprint density at radius 1 is 0.486 bits per heavy atom. The second kappa shape index (κ2) is 12.8. The normalized spacial score (nSPS) is 17.8. The van der Waals surface area contributed by atoms with Gasteiger partial charge in [-0.15, -0.1) is 0 Å². The van der Waals surface area contributed by atoms with Crippen molar-refractivity contribution in [3.05, 3.63) is 121 Å². The summed E-state index contributed by atoms with van der Waals surface area (Å²) in [7, 11) is -1.60. The highest BCUT2D eigenvalue weighted by atomic mass is 32.2. The lowest BCUT2D eigenvalue weighted by Gasteiger charge is -2.22. The molecule has 0 aliphatic carbocycles. The quantitative estimate of drug-likeness (QED) is 0.228. The molecule has 0 spiro atoms. The minimum absolute atomic E-state index is 0.515. The van der Waals surface area contributed by atoms with E-state index in [1.165, 1.54) is 34.1 Å². The average molecular weight is 517 g/mol. The maximum atomic E-state index is 6.62. The third kappa shape index (κ3) is 6.82. The molecule has 0 N–H and O–H groups in total. The van der Waals surface area contributed by atoms with E-state index in [-0.39, 0.29) is 0 Å². The molecule has 0 unspecified atom stereocenters. The molecule has 4 aromatic carbocycles. The number of hydrogen-bond acceptors (Lipinski definition) is 3. The van der Waals surface area contributed by atoms with Crippen molar-refractivity contribution in [1.29, 1.82) is 0 Å². The van der Waals surface area contributed by atoms with Crippen LogP contribution in [-0.2, 0) is 9.05 Å². The summed E-state index contributed by atoms with van der Waals surface area (Å²) in [5.41, 5.74) is 0. The predicted molar refractivity (Wildman–Crippen MR) is 154 cm³/mol. The van der Waals surface area contributed by atoms with Crippen LogP contribution in [0.4, 0.5) is 0 Å². The van der Waals surface area contributed by atoms with Gasteiger partial charge >= 0.3 is 0 Å². The Bertz CT molecular complexity index is 974. The SMILES string of the molecule is c1ccc(P(OC[C@H]2CC[C@H](COP(c3ccccc3)c3ccccc3)S2)c2ccccc2)cc1. The standard InChI is InChI=1S/C30H30O2P2S/c1-5-13-25(14-6-1)33(26-15-7-2-8-16-26)31-23-29-21-22-30(35-29)24-32-34(27-17-9-3-10-18-27)28-19-11-4-12-20-28/h1-20,29-30H,21-24H2/t29-,30-/m1/s1. The molecule has 35 heavy (non-hydrogen) atoms. The first-order valence-electron chi connectivity index (χ1n) is 12.1. The van der Waals surface area contributed by atoms with Crippen molar-refractivity contribution in [3.8, 4) is 0 Å². The molecule has 1 aliphatic rings. The predicted octanol–water partition coefficient (Wildman–Crippen LogP) is 6.38. The van der Waals surface area contributed by atoms with Crippen LogP contribution in [0.1, 0.15) is 12.8 Å². The maximum Gasteiger partial charge on any atom is 0.0918 e. The fraction of sp³-hybridized carbons (Fsp3) is 0.200. The summed E-state index contributed by atoms with van der Waals surface area (Å²) in [6, 6.07) is 42.6. The van der Waals surface area contributed by atoms with Crippen LogP contribution in [0.3, 0.4) is 0 Å². The molecule has 1 saturated heterocycles. The minimum Gasteiger partial charge on any atom is -0.348 e. The molecule has 1 aliphatic heterocycles. The van der Waals surface area contributed by atoms with Crippen LogP contribution in [0, 0.1) is 0 Å². The average Bonchev–Trinajstić information content (AvgIpc) is 3.39. The van der Waals surface area contributed by atoms with Crippen molar-refractivity contribution in [2.24, 2.45) is 0 Å². The van der Waals surface area contributed by atoms with Gasteiger partial charge in [0.15, 0.2) is 0 Å². The van der Waals surface area contributed by atoms with Gasteiger partial charge < -0.3 is 9.05 Å². The Labute approximate surface area is 215 Å². The second-order valence-electron chi connectivity index (χ2n) is 8.48. The zero-order valence-electron chi connectivity index (χ0n) is 19.6. The van der Waals surface area contributed by atoms with Gasteiger partial charge in [0, 0.05) is 31.7 Å². The summed E-state index contributed by atoms with van der Waals surface area (Å²) in [6.07, 6.45) is 2.36. The van der Waals surface area contributed by atoms with E-state index < -0.39 is 16.3 Å². The summed E-state index contributed by atoms with van der Waals surface area (Å²) < 4.78 is 13.2. The monoisotopic (exact) mass is 516 g/mol. The molecule has 5 rings (SSSR count). The van der Waals surface area contributed by atoms with Crippen LogP contribution in [0.25, 0.3) is 0 Å². The van der Waals surface area contributed by atoms with E-state index in [0.29, 0.717) is 10.5 Å². The van der Waals surface area contributed by atoms with E-state index in [4.69, 9.17) is 9.05 Å². The number of rotatable bonds is 10. The van der Waals surface area contributed by atoms with Gasteiger partial charge in [-0.25, -0.2) is 0 Å². The Balaban J connectivity index is 1.19. The van der Waals surface area contributed by atoms with E-state index in [2.05, 4.69) is 121 Å². The van der Waals surface area contributed by atoms with Crippen molar-refractivity contribution in [2.45, 2.75) is 23.3 Å². The Morgan fingerprint density at radius 2 is 0.771 bits per heavy atom. The highest BCUT2D eigenvalue weighted by Crippen LogP contribution is 2.42. The molecule has 2 atom stereocenters. The van der Waals surface area contributed by atoms with Crippen molar-refractivity contribution >= 4 is 49.3 Å². The zero-order valence-corrected chi connectivity index (χ0v) is 22.3. The van der Waals surface area contributed by atoms with E-state index in [1.807, 2.05) is 11.8 Å². The molecule has 0 aromatic heterocycles. The van der Waals surface area contributed by atoms with Gasteiger partial charge in [0.1, 0.15) is 0 Å². The van der Waals surface area contributed by atoms with Crippen molar-refractivity contribution in [3.63, 3.8) is 0 Å². The first kappa shape index (κ1) is 24.7. The summed E-state index contributed by atoms with van der Waals surface area (Å²) in [6.45, 7) is 1.56. The lowest BCUT2D eigenvalue weighted by Crippen LogP contribution is -2.18. The second-order valence-corrected chi connectivity index (χ2v) is 13.8. The molecule has 2 nitrogen and oxygen atoms in total. The molecule has 0 bridgehead atoms. The Morgan fingerprint density at radius 3 is 1.06 bits per heavy atom. The van der Waals surface area contributed by atoms with Gasteiger partial charge in [-0.1, -0.05) is 121 Å². The van der Waals surface area contributed by atoms with Crippen LogP contribution in [0.2, 0.25) is 0 Å². The minimum atomic E-state index is -0.801. The van der Waals surface area contributed by atoms with Crippen molar-refractivity contribution in [1.82, 2.24) is 0 Å². The largest absolute Gasteiger partial charge is 0.348 e. The first-order valence-corrected chi connectivity index (χ1v) is 15.5. The van der Waals surface area contributed by atoms with Gasteiger partial charge in [0.2, 0.25) is 0 Å². The molecule has 4 aromatic rings. The topological polar surface area (TPSA) is 18.5 Å². The van der Waals surface area contributed by atoms with Gasteiger partial charge in [-0.2, -0.15) is 11.8 Å². The smallest absolute Gasteiger partial charge is 0.0918 e. The van der Waals surface area contributed by atoms with E-state index in [9.17, 15) is 0 Å². The molecular weight excluding hydrogens is 486 g/mol. The molecule has 5 heteroatoms. The summed E-state index contributed by atoms with van der Waals surface area (Å²) in [5.74, 6) is 0. The highest BCUT2D eigenvalue weighted by molar-refractivity contribution is 8.00. The molecule has 178 valence electrons. The van der Waals surface area contributed by atoms with Crippen molar-refractivity contribution in [2.75, 3.05) is 13.2 Å². The van der Waals surface area contributed by atoms with Gasteiger partial charge in [-0.05, 0) is 12.8 Å². The van der Waals surface area contributed by atoms with Crippen molar-refractivity contribution < 1.29 is 9.05 Å². The number of hydrogen-bond donors (Lipinski definition) is 0. The molecule has 0 amide bonds. The molecular formula is C30H30O2P2S. The Kier molecular flexibility index (Phi) is 9.04. The third-order valence-electron chi connectivity index (χ3n) is 5.94. The number of benzene rings is 4. The maximum absolute atomic E-state index is 6.62. The highest BCUT2D eigenvalue weighted by Gasteiger charge is 2.28. The molecule has 0 radical (unpaired) electrons. The van der Waals surface area contributed by atoms with Gasteiger partial charge in [0.05, 0.1) is 29.5 Å². The fourth-order valence-corrected chi connectivity index (χ4v) is 9.40. The molecule has 0 saturated carbocycles. The molecule has 1 fully saturated rings. The molecule has 1 heterocycles. The Hall–Kier alpha value is -1.99. The first-order chi connectivity index (χ1) is 17.4. The lowest BCUT2D eigenvalue weighted by molar-refractivity contribution is 0.346. The fourth-order valence-electron chi connectivity index (χ4n) is 4.19. The van der Waals surface area contributed by atoms with Crippen LogP contribution < -0.4 is 21.2 Å². The van der Waals surface area contributed by atoms with Crippen LogP contribution >= 0.6 is 28.1 Å². The van der Waals surface area contributed by atoms with E-state index >= 15 is 0 Å². The third-order valence-corrected chi connectivity index (χ3v) is 11.3. The van der Waals surface area contributed by atoms with Gasteiger partial charge in [0.25, 0.3) is 0 Å². The van der Waals surface area contributed by atoms with E-state index in [0.717, 1.165) is 13.2 Å². The zero-order chi connectivity index (χ0) is 23.7.